The third-order valence-corrected chi connectivity index (χ3v) is 6.61. The predicted molar refractivity (Wildman–Crippen MR) is 147 cm³/mol. The van der Waals surface area contributed by atoms with Crippen LogP contribution in [0, 0.1) is 0 Å². The first-order valence-corrected chi connectivity index (χ1v) is 12.4. The zero-order valence-corrected chi connectivity index (χ0v) is 21.7. The number of hydrogen-bond donors (Lipinski definition) is 4. The second-order valence-corrected chi connectivity index (χ2v) is 10.6. The highest BCUT2D eigenvalue weighted by Gasteiger charge is 2.34. The number of nitrogens with one attached hydrogen (secondary N) is 2. The van der Waals surface area contributed by atoms with Crippen molar-refractivity contribution >= 4 is 33.4 Å². The summed E-state index contributed by atoms with van der Waals surface area (Å²) >= 11 is 0. The van der Waals surface area contributed by atoms with Gasteiger partial charge in [-0.2, -0.15) is 0 Å². The number of benzene rings is 4. The van der Waals surface area contributed by atoms with Crippen LogP contribution in [0.2, 0.25) is 0 Å². The molecular formula is C31H34N2O4. The van der Waals surface area contributed by atoms with Gasteiger partial charge in [0.15, 0.2) is 0 Å². The number of fused-ring (bicyclic) bond motifs is 2. The van der Waals surface area contributed by atoms with E-state index in [2.05, 4.69) is 10.6 Å². The van der Waals surface area contributed by atoms with Crippen molar-refractivity contribution in [3.8, 4) is 0 Å². The van der Waals surface area contributed by atoms with Gasteiger partial charge in [-0.3, -0.25) is 9.59 Å². The van der Waals surface area contributed by atoms with Crippen molar-refractivity contribution in [3.05, 3.63) is 96.1 Å². The summed E-state index contributed by atoms with van der Waals surface area (Å²) in [6, 6.07) is 25.5. The predicted octanol–water partition coefficient (Wildman–Crippen LogP) is 4.94. The standard InChI is InChI=1S/C31H34N2O4/c1-30(2,36)28(24-17-9-13-20-11-5-7-15-22(20)24)32-26(34)19-27(35)33-29(31(3,4)37)25-18-10-14-21-12-6-8-16-23(21)25/h5-18,28-29,36-37H,19H2,1-4H3,(H,32,34)(H,33,35)/t28-,29-/m0/s1. The van der Waals surface area contributed by atoms with Crippen LogP contribution in [0.1, 0.15) is 57.3 Å². The summed E-state index contributed by atoms with van der Waals surface area (Å²) in [5.41, 5.74) is -1.03. The third-order valence-electron chi connectivity index (χ3n) is 6.61. The Morgan fingerprint density at radius 3 is 1.35 bits per heavy atom. The van der Waals surface area contributed by atoms with Crippen molar-refractivity contribution in [1.82, 2.24) is 10.6 Å². The maximum atomic E-state index is 13.1. The maximum absolute atomic E-state index is 13.1. The lowest BCUT2D eigenvalue weighted by atomic mass is 9.88. The molecular weight excluding hydrogens is 464 g/mol. The van der Waals surface area contributed by atoms with Gasteiger partial charge in [-0.05, 0) is 60.4 Å². The van der Waals surface area contributed by atoms with Gasteiger partial charge in [0.1, 0.15) is 6.42 Å². The molecule has 0 unspecified atom stereocenters. The number of rotatable bonds is 8. The Bertz CT molecular complexity index is 1310. The highest BCUT2D eigenvalue weighted by atomic mass is 16.3. The van der Waals surface area contributed by atoms with E-state index < -0.39 is 41.5 Å². The molecule has 4 aromatic carbocycles. The van der Waals surface area contributed by atoms with Crippen LogP contribution in [0.25, 0.3) is 21.5 Å². The molecule has 0 fully saturated rings. The molecule has 0 heterocycles. The zero-order valence-electron chi connectivity index (χ0n) is 21.7. The highest BCUT2D eigenvalue weighted by Crippen LogP contribution is 2.33. The first kappa shape index (κ1) is 26.3. The van der Waals surface area contributed by atoms with Crippen molar-refractivity contribution in [1.29, 1.82) is 0 Å². The first-order valence-electron chi connectivity index (χ1n) is 12.4. The Balaban J connectivity index is 1.55. The minimum absolute atomic E-state index is 0.450. The lowest BCUT2D eigenvalue weighted by Gasteiger charge is -2.32. The normalized spacial score (nSPS) is 13.8. The van der Waals surface area contributed by atoms with E-state index in [4.69, 9.17) is 0 Å². The fourth-order valence-corrected chi connectivity index (χ4v) is 4.84. The van der Waals surface area contributed by atoms with E-state index in [9.17, 15) is 19.8 Å². The average Bonchev–Trinajstić information content (AvgIpc) is 2.84. The van der Waals surface area contributed by atoms with Gasteiger partial charge in [0, 0.05) is 0 Å². The van der Waals surface area contributed by atoms with Gasteiger partial charge in [-0.1, -0.05) is 84.9 Å². The second-order valence-electron chi connectivity index (χ2n) is 10.6. The summed E-state index contributed by atoms with van der Waals surface area (Å²) < 4.78 is 0. The Kier molecular flexibility index (Phi) is 7.35. The van der Waals surface area contributed by atoms with Crippen LogP contribution in [0.4, 0.5) is 0 Å². The molecule has 0 radical (unpaired) electrons. The highest BCUT2D eigenvalue weighted by molar-refractivity contribution is 5.98. The molecule has 2 amide bonds. The molecule has 2 atom stereocenters. The minimum Gasteiger partial charge on any atom is -0.388 e. The van der Waals surface area contributed by atoms with E-state index in [1.807, 2.05) is 84.9 Å². The maximum Gasteiger partial charge on any atom is 0.230 e. The van der Waals surface area contributed by atoms with Gasteiger partial charge in [0.2, 0.25) is 11.8 Å². The molecule has 0 spiro atoms. The summed E-state index contributed by atoms with van der Waals surface area (Å²) in [4.78, 5) is 26.1. The molecule has 6 heteroatoms. The van der Waals surface area contributed by atoms with E-state index in [1.54, 1.807) is 27.7 Å². The molecule has 4 aromatic rings. The van der Waals surface area contributed by atoms with E-state index >= 15 is 0 Å². The van der Waals surface area contributed by atoms with Crippen LogP contribution in [-0.4, -0.2) is 33.2 Å². The van der Waals surface area contributed by atoms with Gasteiger partial charge >= 0.3 is 0 Å². The molecule has 0 aromatic heterocycles. The van der Waals surface area contributed by atoms with Crippen LogP contribution in [-0.2, 0) is 9.59 Å². The van der Waals surface area contributed by atoms with Crippen molar-refractivity contribution in [2.75, 3.05) is 0 Å². The molecule has 4 rings (SSSR count). The van der Waals surface area contributed by atoms with Crippen molar-refractivity contribution in [3.63, 3.8) is 0 Å². The lowest BCUT2D eigenvalue weighted by molar-refractivity contribution is -0.132. The van der Waals surface area contributed by atoms with Gasteiger partial charge in [-0.25, -0.2) is 0 Å². The number of hydrogen-bond acceptors (Lipinski definition) is 4. The molecule has 0 saturated heterocycles. The summed E-state index contributed by atoms with van der Waals surface area (Å²) in [5, 5.41) is 31.4. The smallest absolute Gasteiger partial charge is 0.230 e. The average molecular weight is 499 g/mol. The molecule has 0 saturated carbocycles. The van der Waals surface area contributed by atoms with Crippen LogP contribution in [0.15, 0.2) is 84.9 Å². The van der Waals surface area contributed by atoms with Gasteiger partial charge in [0.25, 0.3) is 0 Å². The Labute approximate surface area is 217 Å². The van der Waals surface area contributed by atoms with Crippen molar-refractivity contribution in [2.24, 2.45) is 0 Å². The van der Waals surface area contributed by atoms with E-state index in [0.29, 0.717) is 0 Å². The SMILES string of the molecule is CC(C)(O)[C@@H](NC(=O)CC(=O)N[C@@H](c1cccc2ccccc12)C(C)(C)O)c1cccc2ccccc12. The molecule has 4 N–H and O–H groups in total. The quantitative estimate of drug-likeness (QED) is 0.259. The summed E-state index contributed by atoms with van der Waals surface area (Å²) in [7, 11) is 0. The largest absolute Gasteiger partial charge is 0.388 e. The molecule has 6 nitrogen and oxygen atoms in total. The molecule has 0 aliphatic heterocycles. The topological polar surface area (TPSA) is 98.7 Å². The van der Waals surface area contributed by atoms with Crippen LogP contribution < -0.4 is 10.6 Å². The third kappa shape index (κ3) is 5.98. The summed E-state index contributed by atoms with van der Waals surface area (Å²) in [6.45, 7) is 6.52. The van der Waals surface area contributed by atoms with Crippen LogP contribution in [0.3, 0.4) is 0 Å². The Hall–Kier alpha value is -3.74. The molecule has 0 aliphatic rings. The van der Waals surface area contributed by atoms with Crippen molar-refractivity contribution < 1.29 is 19.8 Å². The Morgan fingerprint density at radius 1 is 0.622 bits per heavy atom. The van der Waals surface area contributed by atoms with Crippen molar-refractivity contribution in [2.45, 2.75) is 57.4 Å². The van der Waals surface area contributed by atoms with E-state index in [1.165, 1.54) is 0 Å². The van der Waals surface area contributed by atoms with E-state index in [-0.39, 0.29) is 0 Å². The fraction of sp³-hybridized carbons (Fsp3) is 0.290. The molecule has 192 valence electrons. The Morgan fingerprint density at radius 2 is 0.973 bits per heavy atom. The minimum atomic E-state index is -1.28. The number of amides is 2. The lowest BCUT2D eigenvalue weighted by Crippen LogP contribution is -2.46. The molecule has 0 bridgehead atoms. The van der Waals surface area contributed by atoms with Crippen LogP contribution >= 0.6 is 0 Å². The fourth-order valence-electron chi connectivity index (χ4n) is 4.84. The monoisotopic (exact) mass is 498 g/mol. The summed E-state index contributed by atoms with van der Waals surface area (Å²) in [5.74, 6) is -1.05. The molecule has 37 heavy (non-hydrogen) atoms. The summed E-state index contributed by atoms with van der Waals surface area (Å²) in [6.07, 6.45) is -0.450. The zero-order chi connectivity index (χ0) is 26.8. The number of aliphatic hydroxyl groups is 2. The molecule has 0 aliphatic carbocycles. The number of carbonyl (C=O) groups excluding carboxylic acids is 2. The van der Waals surface area contributed by atoms with Gasteiger partial charge < -0.3 is 20.8 Å². The number of carbonyl (C=O) groups is 2. The van der Waals surface area contributed by atoms with Crippen LogP contribution in [0.5, 0.6) is 0 Å². The second kappa shape index (κ2) is 10.3. The van der Waals surface area contributed by atoms with Gasteiger partial charge in [0.05, 0.1) is 23.3 Å². The van der Waals surface area contributed by atoms with E-state index in [0.717, 1.165) is 32.7 Å². The van der Waals surface area contributed by atoms with Gasteiger partial charge in [-0.15, -0.1) is 0 Å². The first-order chi connectivity index (χ1) is 17.4.